The minimum atomic E-state index is -4.48. The van der Waals surface area contributed by atoms with Crippen molar-refractivity contribution in [1.29, 1.82) is 0 Å². The molecule has 0 unspecified atom stereocenters. The van der Waals surface area contributed by atoms with E-state index in [0.717, 1.165) is 23.5 Å². The molecule has 4 aromatic rings. The van der Waals surface area contributed by atoms with Crippen molar-refractivity contribution in [2.24, 2.45) is 0 Å². The third-order valence-electron chi connectivity index (χ3n) is 6.78. The molecule has 1 saturated heterocycles. The number of aromatic nitrogens is 3. The first-order chi connectivity index (χ1) is 21.0. The summed E-state index contributed by atoms with van der Waals surface area (Å²) in [7, 11) is -3.90. The summed E-state index contributed by atoms with van der Waals surface area (Å²) in [6.45, 7) is 5.76. The van der Waals surface area contributed by atoms with Gasteiger partial charge in [-0.3, -0.25) is 0 Å². The number of piperazine rings is 1. The quantitative estimate of drug-likeness (QED) is 0.281. The molecule has 0 saturated carbocycles. The van der Waals surface area contributed by atoms with Gasteiger partial charge in [-0.15, -0.1) is 16.4 Å². The molecule has 16 heteroatoms. The lowest BCUT2D eigenvalue weighted by Crippen LogP contribution is -2.51. The molecule has 1 fully saturated rings. The second-order valence-electron chi connectivity index (χ2n) is 11.2. The molecule has 0 aliphatic carbocycles. The van der Waals surface area contributed by atoms with Crippen molar-refractivity contribution in [3.8, 4) is 27.4 Å². The Morgan fingerprint density at radius 2 is 1.60 bits per heavy atom. The van der Waals surface area contributed by atoms with Crippen LogP contribution in [0.4, 0.5) is 18.0 Å². The van der Waals surface area contributed by atoms with Crippen LogP contribution in [0.25, 0.3) is 27.4 Å². The second kappa shape index (κ2) is 11.9. The maximum atomic E-state index is 13.4. The Kier molecular flexibility index (Phi) is 8.50. The summed E-state index contributed by atoms with van der Waals surface area (Å²) in [5, 5.41) is 17.8. The van der Waals surface area contributed by atoms with E-state index in [2.05, 4.69) is 10.3 Å². The molecule has 0 radical (unpaired) electrons. The van der Waals surface area contributed by atoms with E-state index in [1.54, 1.807) is 32.9 Å². The molecule has 1 N–H and O–H groups in total. The van der Waals surface area contributed by atoms with Gasteiger partial charge in [-0.2, -0.15) is 17.5 Å². The number of alkyl halides is 3. The summed E-state index contributed by atoms with van der Waals surface area (Å²) in [6.07, 6.45) is -3.54. The number of halogens is 3. The summed E-state index contributed by atoms with van der Waals surface area (Å²) in [4.78, 5) is 26.3. The fraction of sp³-hybridized carbons (Fsp3) is 0.310. The highest BCUT2D eigenvalue weighted by Crippen LogP contribution is 2.35. The number of carbonyl (C=O) groups is 2. The molecule has 2 aromatic carbocycles. The number of benzene rings is 2. The number of carboxylic acids is 1. The highest BCUT2D eigenvalue weighted by Gasteiger charge is 2.33. The Labute approximate surface area is 260 Å². The van der Waals surface area contributed by atoms with Gasteiger partial charge < -0.3 is 14.7 Å². The zero-order chi connectivity index (χ0) is 32.7. The van der Waals surface area contributed by atoms with Gasteiger partial charge in [-0.25, -0.2) is 22.7 Å². The number of nitrogens with zero attached hydrogens (tertiary/aromatic N) is 5. The second-order valence-corrected chi connectivity index (χ2v) is 14.4. The van der Waals surface area contributed by atoms with Crippen molar-refractivity contribution < 1.29 is 41.0 Å². The molecule has 2 aromatic heterocycles. The lowest BCUT2D eigenvalue weighted by molar-refractivity contribution is -0.137. The van der Waals surface area contributed by atoms with Crippen LogP contribution in [0, 0.1) is 0 Å². The van der Waals surface area contributed by atoms with Crippen molar-refractivity contribution in [1.82, 2.24) is 24.2 Å². The van der Waals surface area contributed by atoms with E-state index in [9.17, 15) is 36.3 Å². The first kappa shape index (κ1) is 32.1. The van der Waals surface area contributed by atoms with Crippen molar-refractivity contribution in [3.05, 3.63) is 71.9 Å². The molecule has 238 valence electrons. The summed E-state index contributed by atoms with van der Waals surface area (Å²) in [6, 6.07) is 11.8. The maximum absolute atomic E-state index is 13.4. The van der Waals surface area contributed by atoms with Crippen LogP contribution in [0.5, 0.6) is 0 Å². The first-order valence-corrected chi connectivity index (χ1v) is 15.8. The average molecular weight is 664 g/mol. The number of aromatic carboxylic acids is 1. The summed E-state index contributed by atoms with van der Waals surface area (Å²) < 4.78 is 73.7. The molecular weight excluding hydrogens is 635 g/mol. The number of sulfonamides is 1. The molecule has 5 rings (SSSR count). The fourth-order valence-corrected chi connectivity index (χ4v) is 7.41. The van der Waals surface area contributed by atoms with Crippen LogP contribution < -0.4 is 0 Å². The van der Waals surface area contributed by atoms with E-state index < -0.39 is 39.4 Å². The zero-order valence-corrected chi connectivity index (χ0v) is 25.9. The van der Waals surface area contributed by atoms with Gasteiger partial charge in [0.2, 0.25) is 0 Å². The summed E-state index contributed by atoms with van der Waals surface area (Å²) in [5.74, 6) is -1.23. The largest absolute Gasteiger partial charge is 0.478 e. The topological polar surface area (TPSA) is 135 Å². The highest BCUT2D eigenvalue weighted by atomic mass is 32.2. The van der Waals surface area contributed by atoms with Crippen molar-refractivity contribution in [2.45, 2.75) is 36.8 Å². The van der Waals surface area contributed by atoms with E-state index in [1.807, 2.05) is 0 Å². The standard InChI is InChI=1S/C29H28F3N5O6S2/c1-28(2,3)43-27(40)35-10-12-36(13-11-35)45(41,42)25-9-8-24(44-25)19-14-20(26(38)39)16-22(15-19)37-17-23(33-34-37)18-4-6-21(7-5-18)29(30,31)32/h4-9,14-17H,10-13H2,1-3H3,(H,38,39). The summed E-state index contributed by atoms with van der Waals surface area (Å²) in [5.41, 5.74) is -0.216. The lowest BCUT2D eigenvalue weighted by Gasteiger charge is -2.34. The van der Waals surface area contributed by atoms with Gasteiger partial charge in [0.25, 0.3) is 10.0 Å². The van der Waals surface area contributed by atoms with Crippen LogP contribution in [0.2, 0.25) is 0 Å². The Hall–Kier alpha value is -4.28. The fourth-order valence-electron chi connectivity index (χ4n) is 4.54. The number of amides is 1. The van der Waals surface area contributed by atoms with E-state index in [1.165, 1.54) is 50.4 Å². The average Bonchev–Trinajstić information content (AvgIpc) is 3.67. The molecule has 0 bridgehead atoms. The summed E-state index contributed by atoms with van der Waals surface area (Å²) >= 11 is 0.966. The van der Waals surface area contributed by atoms with Gasteiger partial charge in [0, 0.05) is 36.6 Å². The van der Waals surface area contributed by atoms with Gasteiger partial charge in [-0.1, -0.05) is 17.3 Å². The SMILES string of the molecule is CC(C)(C)OC(=O)N1CCN(S(=O)(=O)c2ccc(-c3cc(C(=O)O)cc(-n4cc(-c5ccc(C(F)(F)F)cc5)nn4)c3)s2)CC1. The molecule has 11 nitrogen and oxygen atoms in total. The van der Waals surface area contributed by atoms with E-state index >= 15 is 0 Å². The number of hydrogen-bond donors (Lipinski definition) is 1. The van der Waals surface area contributed by atoms with Crippen LogP contribution >= 0.6 is 11.3 Å². The predicted octanol–water partition coefficient (Wildman–Crippen LogP) is 5.62. The minimum Gasteiger partial charge on any atom is -0.478 e. The molecule has 0 spiro atoms. The van der Waals surface area contributed by atoms with Crippen molar-refractivity contribution in [2.75, 3.05) is 26.2 Å². The van der Waals surface area contributed by atoms with Crippen LogP contribution in [-0.2, 0) is 20.9 Å². The number of ether oxygens (including phenoxy) is 1. The van der Waals surface area contributed by atoms with Crippen LogP contribution in [0.15, 0.2) is 65.0 Å². The number of carboxylic acid groups (broad SMARTS) is 1. The third-order valence-corrected chi connectivity index (χ3v) is 10.3. The molecule has 3 heterocycles. The van der Waals surface area contributed by atoms with Crippen LogP contribution in [-0.4, -0.2) is 81.6 Å². The number of hydrogen-bond acceptors (Lipinski definition) is 8. The van der Waals surface area contributed by atoms with E-state index in [0.29, 0.717) is 21.7 Å². The minimum absolute atomic E-state index is 0.0517. The third kappa shape index (κ3) is 7.18. The van der Waals surface area contributed by atoms with Crippen molar-refractivity contribution >= 4 is 33.4 Å². The molecule has 1 aliphatic rings. The Morgan fingerprint density at radius 3 is 2.20 bits per heavy atom. The normalized spacial score (nSPS) is 14.8. The Balaban J connectivity index is 1.37. The smallest absolute Gasteiger partial charge is 0.416 e. The van der Waals surface area contributed by atoms with Gasteiger partial charge in [0.05, 0.1) is 23.0 Å². The molecule has 1 amide bonds. The lowest BCUT2D eigenvalue weighted by atomic mass is 10.1. The Bertz CT molecular complexity index is 1840. The molecule has 0 atom stereocenters. The van der Waals surface area contributed by atoms with Gasteiger partial charge >= 0.3 is 18.2 Å². The van der Waals surface area contributed by atoms with Gasteiger partial charge in [0.1, 0.15) is 15.5 Å². The highest BCUT2D eigenvalue weighted by molar-refractivity contribution is 7.91. The molecular formula is C29H28F3N5O6S2. The van der Waals surface area contributed by atoms with E-state index in [-0.39, 0.29) is 41.6 Å². The monoisotopic (exact) mass is 663 g/mol. The van der Waals surface area contributed by atoms with Gasteiger partial charge in [-0.05, 0) is 68.8 Å². The predicted molar refractivity (Wildman–Crippen MR) is 159 cm³/mol. The molecule has 45 heavy (non-hydrogen) atoms. The van der Waals surface area contributed by atoms with Crippen LogP contribution in [0.1, 0.15) is 36.7 Å². The zero-order valence-electron chi connectivity index (χ0n) is 24.3. The van der Waals surface area contributed by atoms with Crippen LogP contribution in [0.3, 0.4) is 0 Å². The Morgan fingerprint density at radius 1 is 0.933 bits per heavy atom. The first-order valence-electron chi connectivity index (χ1n) is 13.6. The number of carbonyl (C=O) groups excluding carboxylic acids is 1. The van der Waals surface area contributed by atoms with E-state index in [4.69, 9.17) is 4.74 Å². The number of rotatable bonds is 6. The number of thiophene rings is 1. The molecule has 1 aliphatic heterocycles. The van der Waals surface area contributed by atoms with Crippen molar-refractivity contribution in [3.63, 3.8) is 0 Å². The maximum Gasteiger partial charge on any atom is 0.416 e. The van der Waals surface area contributed by atoms with Gasteiger partial charge in [0.15, 0.2) is 0 Å².